The number of carbonyl (C=O) groups excluding carboxylic acids is 1. The molecule has 0 spiro atoms. The van der Waals surface area contributed by atoms with Crippen molar-refractivity contribution >= 4 is 33.8 Å². The van der Waals surface area contributed by atoms with E-state index in [1.165, 1.54) is 16.9 Å². The van der Waals surface area contributed by atoms with Crippen molar-refractivity contribution in [2.75, 3.05) is 5.73 Å². The normalized spacial score (nSPS) is 14.2. The van der Waals surface area contributed by atoms with Gasteiger partial charge in [-0.15, -0.1) is 11.3 Å². The molecule has 106 valence electrons. The molecule has 1 fully saturated rings. The van der Waals surface area contributed by atoms with Crippen LogP contribution in [0.1, 0.15) is 24.1 Å². The summed E-state index contributed by atoms with van der Waals surface area (Å²) in [6.45, 7) is 1.11. The van der Waals surface area contributed by atoms with Gasteiger partial charge in [0, 0.05) is 18.0 Å². The number of hydrogen-bond donors (Lipinski definition) is 2. The van der Waals surface area contributed by atoms with Gasteiger partial charge >= 0.3 is 6.03 Å². The lowest BCUT2D eigenvalue weighted by atomic mass is 10.3. The molecule has 1 aliphatic rings. The predicted molar refractivity (Wildman–Crippen MR) is 81.6 cm³/mol. The lowest BCUT2D eigenvalue weighted by molar-refractivity contribution is 0.191. The summed E-state index contributed by atoms with van der Waals surface area (Å²) < 4.78 is 0. The smallest absolute Gasteiger partial charge is 0.318 e. The van der Waals surface area contributed by atoms with Crippen molar-refractivity contribution in [3.05, 3.63) is 33.5 Å². The Balaban J connectivity index is 1.58. The van der Waals surface area contributed by atoms with Crippen LogP contribution in [0.4, 0.5) is 9.93 Å². The molecule has 1 saturated carbocycles. The summed E-state index contributed by atoms with van der Waals surface area (Å²) in [6.07, 6.45) is 2.20. The van der Waals surface area contributed by atoms with E-state index in [2.05, 4.69) is 21.7 Å². The number of aromatic nitrogens is 1. The van der Waals surface area contributed by atoms with Gasteiger partial charge in [0.1, 0.15) is 0 Å². The van der Waals surface area contributed by atoms with Crippen molar-refractivity contribution in [2.45, 2.75) is 32.0 Å². The van der Waals surface area contributed by atoms with E-state index in [-0.39, 0.29) is 6.03 Å². The summed E-state index contributed by atoms with van der Waals surface area (Å²) in [4.78, 5) is 18.4. The minimum atomic E-state index is -0.0229. The Kier molecular flexibility index (Phi) is 3.88. The SMILES string of the molecule is Nc1nc(CNC(=O)N(Cc2ccsc2)C2CC2)cs1. The third-order valence-corrected chi connectivity index (χ3v) is 4.63. The molecule has 0 aliphatic heterocycles. The van der Waals surface area contributed by atoms with Crippen LogP contribution in [0, 0.1) is 0 Å². The number of amides is 2. The second kappa shape index (κ2) is 5.80. The molecule has 2 amide bonds. The Morgan fingerprint density at radius 3 is 2.95 bits per heavy atom. The summed E-state index contributed by atoms with van der Waals surface area (Å²) in [5.74, 6) is 0. The van der Waals surface area contributed by atoms with Gasteiger partial charge < -0.3 is 16.0 Å². The number of thiazole rings is 1. The minimum absolute atomic E-state index is 0.0229. The maximum atomic E-state index is 12.3. The molecule has 7 heteroatoms. The largest absolute Gasteiger partial charge is 0.375 e. The summed E-state index contributed by atoms with van der Waals surface area (Å²) in [7, 11) is 0. The molecule has 20 heavy (non-hydrogen) atoms. The van der Waals surface area contributed by atoms with Crippen molar-refractivity contribution in [2.24, 2.45) is 0 Å². The van der Waals surface area contributed by atoms with Crippen LogP contribution in [0.25, 0.3) is 0 Å². The molecule has 0 bridgehead atoms. The lowest BCUT2D eigenvalue weighted by Crippen LogP contribution is -2.40. The first-order valence-electron chi connectivity index (χ1n) is 6.48. The van der Waals surface area contributed by atoms with Crippen molar-refractivity contribution in [1.29, 1.82) is 0 Å². The monoisotopic (exact) mass is 308 g/mol. The number of hydrogen-bond acceptors (Lipinski definition) is 5. The third kappa shape index (κ3) is 3.29. The second-order valence-electron chi connectivity index (χ2n) is 4.83. The molecule has 0 saturated heterocycles. The zero-order chi connectivity index (χ0) is 13.9. The van der Waals surface area contributed by atoms with Gasteiger partial charge in [0.2, 0.25) is 0 Å². The molecule has 0 unspecified atom stereocenters. The second-order valence-corrected chi connectivity index (χ2v) is 6.50. The highest BCUT2D eigenvalue weighted by Crippen LogP contribution is 2.28. The molecule has 3 N–H and O–H groups in total. The topological polar surface area (TPSA) is 71.2 Å². The van der Waals surface area contributed by atoms with Crippen molar-refractivity contribution in [3.8, 4) is 0 Å². The molecule has 2 heterocycles. The van der Waals surface area contributed by atoms with Crippen LogP contribution in [0.2, 0.25) is 0 Å². The van der Waals surface area contributed by atoms with Gasteiger partial charge in [0.25, 0.3) is 0 Å². The van der Waals surface area contributed by atoms with Crippen LogP contribution in [0.3, 0.4) is 0 Å². The molecule has 0 atom stereocenters. The molecule has 2 aromatic heterocycles. The molecule has 5 nitrogen and oxygen atoms in total. The first-order chi connectivity index (χ1) is 9.72. The predicted octanol–water partition coefficient (Wildman–Crippen LogP) is 2.66. The van der Waals surface area contributed by atoms with E-state index in [0.29, 0.717) is 24.3 Å². The highest BCUT2D eigenvalue weighted by atomic mass is 32.1. The fraction of sp³-hybridized carbons (Fsp3) is 0.385. The Labute approximate surface area is 125 Å². The number of nitrogen functional groups attached to an aromatic ring is 1. The number of carbonyl (C=O) groups is 1. The standard InChI is InChI=1S/C13H16N4OS2/c14-12-16-10(8-20-12)5-15-13(18)17(11-1-2-11)6-9-3-4-19-7-9/h3-4,7-8,11H,1-2,5-6H2,(H2,14,16)(H,15,18). The van der Waals surface area contributed by atoms with E-state index in [9.17, 15) is 4.79 Å². The molecule has 0 aromatic carbocycles. The summed E-state index contributed by atoms with van der Waals surface area (Å²) in [6, 6.07) is 2.43. The number of thiophene rings is 1. The number of nitrogens with zero attached hydrogens (tertiary/aromatic N) is 2. The summed E-state index contributed by atoms with van der Waals surface area (Å²) >= 11 is 3.05. The van der Waals surface area contributed by atoms with Crippen molar-refractivity contribution in [3.63, 3.8) is 0 Å². The van der Waals surface area contributed by atoms with Crippen LogP contribution < -0.4 is 11.1 Å². The number of anilines is 1. The number of rotatable bonds is 5. The number of urea groups is 1. The van der Waals surface area contributed by atoms with Gasteiger partial charge in [-0.1, -0.05) is 0 Å². The third-order valence-electron chi connectivity index (χ3n) is 3.17. The first kappa shape index (κ1) is 13.4. The molecular weight excluding hydrogens is 292 g/mol. The van der Waals surface area contributed by atoms with E-state index in [1.807, 2.05) is 15.7 Å². The van der Waals surface area contributed by atoms with Crippen LogP contribution in [-0.2, 0) is 13.1 Å². The molecule has 0 radical (unpaired) electrons. The van der Waals surface area contributed by atoms with E-state index < -0.39 is 0 Å². The first-order valence-corrected chi connectivity index (χ1v) is 8.30. The van der Waals surface area contributed by atoms with Gasteiger partial charge in [-0.2, -0.15) is 11.3 Å². The van der Waals surface area contributed by atoms with E-state index in [1.54, 1.807) is 11.3 Å². The molecule has 2 aromatic rings. The number of nitrogens with two attached hydrogens (primary N) is 1. The molecule has 3 rings (SSSR count). The van der Waals surface area contributed by atoms with Gasteiger partial charge in [-0.25, -0.2) is 9.78 Å². The van der Waals surface area contributed by atoms with Gasteiger partial charge in [-0.05, 0) is 35.2 Å². The average molecular weight is 308 g/mol. The number of nitrogens with one attached hydrogen (secondary N) is 1. The lowest BCUT2D eigenvalue weighted by Gasteiger charge is -2.22. The van der Waals surface area contributed by atoms with Gasteiger partial charge in [-0.3, -0.25) is 0 Å². The molecular formula is C13H16N4OS2. The summed E-state index contributed by atoms with van der Waals surface area (Å²) in [5, 5.41) is 9.46. The fourth-order valence-electron chi connectivity index (χ4n) is 2.00. The quantitative estimate of drug-likeness (QED) is 0.892. The highest BCUT2D eigenvalue weighted by molar-refractivity contribution is 7.13. The summed E-state index contributed by atoms with van der Waals surface area (Å²) in [5.41, 5.74) is 7.58. The molecule has 1 aliphatic carbocycles. The van der Waals surface area contributed by atoms with Crippen LogP contribution in [-0.4, -0.2) is 22.0 Å². The van der Waals surface area contributed by atoms with Crippen LogP contribution >= 0.6 is 22.7 Å². The Bertz CT molecular complexity index is 577. The maximum absolute atomic E-state index is 12.3. The van der Waals surface area contributed by atoms with E-state index in [4.69, 9.17) is 5.73 Å². The van der Waals surface area contributed by atoms with E-state index >= 15 is 0 Å². The fourth-order valence-corrected chi connectivity index (χ4v) is 3.23. The Morgan fingerprint density at radius 1 is 1.50 bits per heavy atom. The highest BCUT2D eigenvalue weighted by Gasteiger charge is 2.32. The van der Waals surface area contributed by atoms with Crippen LogP contribution in [0.5, 0.6) is 0 Å². The Hall–Kier alpha value is -1.60. The Morgan fingerprint density at radius 2 is 2.35 bits per heavy atom. The van der Waals surface area contributed by atoms with Gasteiger partial charge in [0.15, 0.2) is 5.13 Å². The van der Waals surface area contributed by atoms with Crippen LogP contribution in [0.15, 0.2) is 22.2 Å². The zero-order valence-corrected chi connectivity index (χ0v) is 12.5. The van der Waals surface area contributed by atoms with Crippen molar-refractivity contribution in [1.82, 2.24) is 15.2 Å². The maximum Gasteiger partial charge on any atom is 0.318 e. The van der Waals surface area contributed by atoms with Gasteiger partial charge in [0.05, 0.1) is 12.2 Å². The van der Waals surface area contributed by atoms with E-state index in [0.717, 1.165) is 18.5 Å². The van der Waals surface area contributed by atoms with Crippen molar-refractivity contribution < 1.29 is 4.79 Å². The average Bonchev–Trinajstić information content (AvgIpc) is 2.97. The zero-order valence-electron chi connectivity index (χ0n) is 10.9. The minimum Gasteiger partial charge on any atom is -0.375 e.